The minimum Gasteiger partial charge on any atom is -0.316 e. The molecule has 1 unspecified atom stereocenters. The zero-order chi connectivity index (χ0) is 8.81. The van der Waals surface area contributed by atoms with E-state index < -0.39 is 0 Å². The first-order chi connectivity index (χ1) is 5.88. The molecule has 1 aliphatic rings. The maximum atomic E-state index is 3.81. The highest BCUT2D eigenvalue weighted by atomic mass is 14.9. The monoisotopic (exact) mass is 164 g/mol. The van der Waals surface area contributed by atoms with Crippen LogP contribution >= 0.6 is 0 Å². The van der Waals surface area contributed by atoms with E-state index in [1.54, 1.807) is 0 Å². The van der Waals surface area contributed by atoms with Crippen molar-refractivity contribution in [2.75, 3.05) is 13.1 Å². The van der Waals surface area contributed by atoms with Gasteiger partial charge in [0, 0.05) is 12.7 Å². The Hall–Kier alpha value is -0.890. The van der Waals surface area contributed by atoms with Gasteiger partial charge in [-0.3, -0.25) is 4.99 Å². The van der Waals surface area contributed by atoms with Crippen molar-refractivity contribution in [3.05, 3.63) is 23.9 Å². The number of hydrogen-bond donors (Lipinski definition) is 1. The van der Waals surface area contributed by atoms with E-state index in [-0.39, 0.29) is 0 Å². The standard InChI is InChI=1S/C10H16N2/c1-3-4-9(7-11-2)10-5-6-12-8-10/h3-4,7,10,12H,2,5-6,8H2,1H3/b4-3-,9-7+. The van der Waals surface area contributed by atoms with Crippen LogP contribution in [0, 0.1) is 5.92 Å². The number of nitrogens with one attached hydrogen (secondary N) is 1. The molecule has 66 valence electrons. The maximum Gasteiger partial charge on any atom is 0.0295 e. The molecule has 2 nitrogen and oxygen atoms in total. The second kappa shape index (κ2) is 4.88. The Kier molecular flexibility index (Phi) is 3.74. The lowest BCUT2D eigenvalue weighted by molar-refractivity contribution is 0.696. The molecule has 0 aromatic heterocycles. The Labute approximate surface area is 74.1 Å². The number of aliphatic imine (C=N–C) groups is 1. The van der Waals surface area contributed by atoms with E-state index in [0.717, 1.165) is 13.1 Å². The van der Waals surface area contributed by atoms with Gasteiger partial charge in [0.15, 0.2) is 0 Å². The van der Waals surface area contributed by atoms with Crippen molar-refractivity contribution in [3.8, 4) is 0 Å². The molecule has 0 spiro atoms. The molecule has 0 saturated carbocycles. The first-order valence-electron chi connectivity index (χ1n) is 4.37. The largest absolute Gasteiger partial charge is 0.316 e. The predicted octanol–water partition coefficient (Wildman–Crippen LogP) is 1.76. The van der Waals surface area contributed by atoms with Crippen LogP contribution in [0.1, 0.15) is 13.3 Å². The van der Waals surface area contributed by atoms with Crippen LogP contribution in [0.2, 0.25) is 0 Å². The average Bonchev–Trinajstić information content (AvgIpc) is 2.56. The van der Waals surface area contributed by atoms with Crippen molar-refractivity contribution in [1.82, 2.24) is 5.32 Å². The molecule has 0 bridgehead atoms. The summed E-state index contributed by atoms with van der Waals surface area (Å²) in [5.41, 5.74) is 1.29. The summed E-state index contributed by atoms with van der Waals surface area (Å²) >= 11 is 0. The van der Waals surface area contributed by atoms with E-state index in [1.807, 2.05) is 13.1 Å². The van der Waals surface area contributed by atoms with Crippen molar-refractivity contribution >= 4 is 6.72 Å². The van der Waals surface area contributed by atoms with E-state index in [9.17, 15) is 0 Å². The Balaban J connectivity index is 2.63. The van der Waals surface area contributed by atoms with Gasteiger partial charge in [0.25, 0.3) is 0 Å². The predicted molar refractivity (Wildman–Crippen MR) is 53.4 cm³/mol. The van der Waals surface area contributed by atoms with Gasteiger partial charge < -0.3 is 5.32 Å². The molecule has 1 N–H and O–H groups in total. The van der Waals surface area contributed by atoms with Gasteiger partial charge in [-0.2, -0.15) is 0 Å². The third-order valence-corrected chi connectivity index (χ3v) is 2.13. The van der Waals surface area contributed by atoms with Crippen molar-refractivity contribution in [1.29, 1.82) is 0 Å². The fraction of sp³-hybridized carbons (Fsp3) is 0.500. The van der Waals surface area contributed by atoms with Crippen LogP contribution in [0.3, 0.4) is 0 Å². The van der Waals surface area contributed by atoms with Gasteiger partial charge in [0.05, 0.1) is 0 Å². The van der Waals surface area contributed by atoms with Crippen molar-refractivity contribution in [2.24, 2.45) is 10.9 Å². The summed E-state index contributed by atoms with van der Waals surface area (Å²) in [6.45, 7) is 7.70. The van der Waals surface area contributed by atoms with E-state index in [2.05, 4.69) is 29.2 Å². The minimum absolute atomic E-state index is 0.631. The first kappa shape index (κ1) is 9.20. The average molecular weight is 164 g/mol. The molecule has 0 aliphatic carbocycles. The molecule has 1 fully saturated rings. The number of nitrogens with zero attached hydrogens (tertiary/aromatic N) is 1. The van der Waals surface area contributed by atoms with Crippen molar-refractivity contribution in [2.45, 2.75) is 13.3 Å². The van der Waals surface area contributed by atoms with Gasteiger partial charge in [-0.05, 0) is 38.1 Å². The summed E-state index contributed by atoms with van der Waals surface area (Å²) in [5.74, 6) is 0.631. The lowest BCUT2D eigenvalue weighted by Crippen LogP contribution is -2.09. The van der Waals surface area contributed by atoms with Crippen LogP contribution in [-0.4, -0.2) is 19.8 Å². The van der Waals surface area contributed by atoms with Gasteiger partial charge in [0.1, 0.15) is 0 Å². The molecule has 2 heteroatoms. The molecule has 1 saturated heterocycles. The molecule has 0 amide bonds. The summed E-state index contributed by atoms with van der Waals surface area (Å²) in [4.78, 5) is 3.81. The Morgan fingerprint density at radius 2 is 2.50 bits per heavy atom. The van der Waals surface area contributed by atoms with Crippen LogP contribution in [0.4, 0.5) is 0 Å². The molecule has 0 aromatic rings. The Bertz CT molecular complexity index is 198. The van der Waals surface area contributed by atoms with Crippen molar-refractivity contribution < 1.29 is 0 Å². The highest BCUT2D eigenvalue weighted by molar-refractivity contribution is 5.30. The molecule has 12 heavy (non-hydrogen) atoms. The third kappa shape index (κ3) is 2.31. The van der Waals surface area contributed by atoms with E-state index in [4.69, 9.17) is 0 Å². The van der Waals surface area contributed by atoms with Gasteiger partial charge in [-0.1, -0.05) is 12.2 Å². The SMILES string of the molecule is C=N/C=C(\C=C/C)C1CCNC1. The lowest BCUT2D eigenvalue weighted by Gasteiger charge is -2.07. The van der Waals surface area contributed by atoms with E-state index in [1.165, 1.54) is 12.0 Å². The molecule has 1 aliphatic heterocycles. The van der Waals surface area contributed by atoms with Gasteiger partial charge in [-0.15, -0.1) is 0 Å². The molecular weight excluding hydrogens is 148 g/mol. The molecular formula is C10H16N2. The van der Waals surface area contributed by atoms with Crippen LogP contribution in [0.5, 0.6) is 0 Å². The van der Waals surface area contributed by atoms with E-state index in [0.29, 0.717) is 5.92 Å². The van der Waals surface area contributed by atoms with Gasteiger partial charge in [-0.25, -0.2) is 0 Å². The van der Waals surface area contributed by atoms with Crippen molar-refractivity contribution in [3.63, 3.8) is 0 Å². The first-order valence-corrected chi connectivity index (χ1v) is 4.37. The topological polar surface area (TPSA) is 24.4 Å². The fourth-order valence-electron chi connectivity index (χ4n) is 1.52. The molecule has 1 rings (SSSR count). The summed E-state index contributed by atoms with van der Waals surface area (Å²) in [6.07, 6.45) is 7.24. The summed E-state index contributed by atoms with van der Waals surface area (Å²) in [7, 11) is 0. The van der Waals surface area contributed by atoms with Gasteiger partial charge in [0.2, 0.25) is 0 Å². The number of hydrogen-bond acceptors (Lipinski definition) is 2. The van der Waals surface area contributed by atoms with Crippen LogP contribution in [0.25, 0.3) is 0 Å². The zero-order valence-electron chi connectivity index (χ0n) is 7.59. The smallest absolute Gasteiger partial charge is 0.0295 e. The van der Waals surface area contributed by atoms with Crippen LogP contribution in [-0.2, 0) is 0 Å². The second-order valence-electron chi connectivity index (χ2n) is 3.00. The quantitative estimate of drug-likeness (QED) is 0.499. The fourth-order valence-corrected chi connectivity index (χ4v) is 1.52. The molecule has 1 atom stereocenters. The highest BCUT2D eigenvalue weighted by Crippen LogP contribution is 2.19. The normalized spacial score (nSPS) is 25.1. The summed E-state index contributed by atoms with van der Waals surface area (Å²) in [5, 5.41) is 3.33. The molecule has 0 radical (unpaired) electrons. The maximum absolute atomic E-state index is 3.81. The van der Waals surface area contributed by atoms with E-state index >= 15 is 0 Å². The second-order valence-corrected chi connectivity index (χ2v) is 3.00. The minimum atomic E-state index is 0.631. The third-order valence-electron chi connectivity index (χ3n) is 2.13. The number of allylic oxidation sites excluding steroid dienone is 2. The van der Waals surface area contributed by atoms with Crippen LogP contribution < -0.4 is 5.32 Å². The highest BCUT2D eigenvalue weighted by Gasteiger charge is 2.16. The van der Waals surface area contributed by atoms with Crippen LogP contribution in [0.15, 0.2) is 28.9 Å². The zero-order valence-corrected chi connectivity index (χ0v) is 7.59. The number of rotatable bonds is 3. The summed E-state index contributed by atoms with van der Waals surface area (Å²) < 4.78 is 0. The molecule has 1 heterocycles. The summed E-state index contributed by atoms with van der Waals surface area (Å²) in [6, 6.07) is 0. The molecule has 0 aromatic carbocycles. The lowest BCUT2D eigenvalue weighted by atomic mass is 9.99. The Morgan fingerprint density at radius 1 is 1.67 bits per heavy atom. The van der Waals surface area contributed by atoms with Gasteiger partial charge >= 0.3 is 0 Å². The Morgan fingerprint density at radius 3 is 3.00 bits per heavy atom.